The summed E-state index contributed by atoms with van der Waals surface area (Å²) in [6.07, 6.45) is 0. The molecule has 3 heterocycles. The van der Waals surface area contributed by atoms with E-state index in [-0.39, 0.29) is 6.04 Å². The zero-order valence-corrected chi connectivity index (χ0v) is 16.3. The van der Waals surface area contributed by atoms with E-state index < -0.39 is 0 Å². The first-order chi connectivity index (χ1) is 12.7. The van der Waals surface area contributed by atoms with Gasteiger partial charge in [0.05, 0.1) is 9.21 Å². The van der Waals surface area contributed by atoms with Gasteiger partial charge >= 0.3 is 0 Å². The number of benzene rings is 1. The quantitative estimate of drug-likeness (QED) is 0.694. The van der Waals surface area contributed by atoms with Crippen molar-refractivity contribution in [1.82, 2.24) is 10.2 Å². The summed E-state index contributed by atoms with van der Waals surface area (Å²) in [4.78, 5) is 4.50. The van der Waals surface area contributed by atoms with Crippen LogP contribution < -0.4 is 9.80 Å². The maximum Gasteiger partial charge on any atom is 0.274 e. The van der Waals surface area contributed by atoms with Gasteiger partial charge in [-0.2, -0.15) is 0 Å². The van der Waals surface area contributed by atoms with E-state index in [0.29, 0.717) is 5.89 Å². The minimum atomic E-state index is 0.220. The van der Waals surface area contributed by atoms with E-state index >= 15 is 0 Å². The Balaban J connectivity index is 1.35. The Labute approximate surface area is 162 Å². The molecule has 0 radical (unpaired) electrons. The second-order valence-electron chi connectivity index (χ2n) is 6.82. The molecular weight excluding hydrogens is 368 g/mol. The lowest BCUT2D eigenvalue weighted by Crippen LogP contribution is -3.27. The molecule has 26 heavy (non-hydrogen) atoms. The molecule has 2 aromatic heterocycles. The molecule has 0 aliphatic carbocycles. The number of aromatic nitrogens is 2. The van der Waals surface area contributed by atoms with Gasteiger partial charge in [0.25, 0.3) is 5.89 Å². The third-order valence-corrected chi connectivity index (χ3v) is 6.33. The van der Waals surface area contributed by atoms with Crippen LogP contribution in [0.15, 0.2) is 46.9 Å². The standard InChI is InChI=1S/C19H21ClN4OS/c1-14(18-21-22-19(25-18)15-5-3-2-4-6-15)24-11-9-23(10-12-24)13-16-7-8-17(20)26-16/h2-8,14H,9-13H2,1H3/p+2/t14-/m1/s1. The van der Waals surface area contributed by atoms with Crippen LogP contribution in [0.1, 0.15) is 23.7 Å². The molecule has 1 atom stereocenters. The van der Waals surface area contributed by atoms with Crippen LogP contribution in [0.5, 0.6) is 0 Å². The van der Waals surface area contributed by atoms with Crippen LogP contribution in [-0.2, 0) is 6.54 Å². The molecule has 0 bridgehead atoms. The summed E-state index contributed by atoms with van der Waals surface area (Å²) in [6.45, 7) is 7.76. The molecular formula is C19H23ClN4OS+2. The molecule has 1 fully saturated rings. The van der Waals surface area contributed by atoms with Crippen molar-refractivity contribution >= 4 is 22.9 Å². The smallest absolute Gasteiger partial charge is 0.274 e. The fourth-order valence-electron chi connectivity index (χ4n) is 3.51. The third kappa shape index (κ3) is 3.99. The summed E-state index contributed by atoms with van der Waals surface area (Å²) < 4.78 is 6.82. The first kappa shape index (κ1) is 17.7. The molecule has 0 unspecified atom stereocenters. The van der Waals surface area contributed by atoms with Gasteiger partial charge in [0.2, 0.25) is 5.89 Å². The van der Waals surface area contributed by atoms with Crippen LogP contribution in [0.3, 0.4) is 0 Å². The van der Waals surface area contributed by atoms with Crippen LogP contribution in [0.25, 0.3) is 11.5 Å². The summed E-state index contributed by atoms with van der Waals surface area (Å²) in [6, 6.07) is 14.3. The summed E-state index contributed by atoms with van der Waals surface area (Å²) in [5.41, 5.74) is 0.970. The zero-order chi connectivity index (χ0) is 17.9. The highest BCUT2D eigenvalue weighted by molar-refractivity contribution is 7.16. The predicted molar refractivity (Wildman–Crippen MR) is 103 cm³/mol. The Kier molecular flexibility index (Phi) is 5.36. The maximum absolute atomic E-state index is 6.04. The average molecular weight is 391 g/mol. The number of halogens is 1. The summed E-state index contributed by atoms with van der Waals surface area (Å²) >= 11 is 7.73. The zero-order valence-electron chi connectivity index (χ0n) is 14.7. The van der Waals surface area contributed by atoms with Crippen molar-refractivity contribution in [3.8, 4) is 11.5 Å². The molecule has 4 rings (SSSR count). The van der Waals surface area contributed by atoms with E-state index in [1.54, 1.807) is 16.2 Å². The Morgan fingerprint density at radius 2 is 1.85 bits per heavy atom. The fraction of sp³-hybridized carbons (Fsp3) is 0.368. The number of nitrogens with zero attached hydrogens (tertiary/aromatic N) is 2. The Bertz CT molecular complexity index is 842. The number of hydrogen-bond acceptors (Lipinski definition) is 4. The van der Waals surface area contributed by atoms with E-state index in [1.165, 1.54) is 9.78 Å². The van der Waals surface area contributed by atoms with Gasteiger partial charge in [0, 0.05) is 5.56 Å². The lowest BCUT2D eigenvalue weighted by atomic mass is 10.2. The van der Waals surface area contributed by atoms with Crippen molar-refractivity contribution in [3.05, 3.63) is 57.6 Å². The highest BCUT2D eigenvalue weighted by Gasteiger charge is 2.31. The van der Waals surface area contributed by atoms with Gasteiger partial charge in [-0.1, -0.05) is 29.8 Å². The van der Waals surface area contributed by atoms with Gasteiger partial charge in [-0.25, -0.2) is 0 Å². The largest absolute Gasteiger partial charge is 0.415 e. The number of piperazine rings is 1. The van der Waals surface area contributed by atoms with Crippen molar-refractivity contribution in [2.24, 2.45) is 0 Å². The summed E-state index contributed by atoms with van der Waals surface area (Å²) in [5, 5.41) is 8.53. The molecule has 1 saturated heterocycles. The van der Waals surface area contributed by atoms with Gasteiger partial charge in [0.1, 0.15) is 32.7 Å². The molecule has 1 aromatic carbocycles. The fourth-order valence-corrected chi connectivity index (χ4v) is 4.67. The van der Waals surface area contributed by atoms with Crippen molar-refractivity contribution in [3.63, 3.8) is 0 Å². The molecule has 2 N–H and O–H groups in total. The highest BCUT2D eigenvalue weighted by atomic mass is 35.5. The number of nitrogens with one attached hydrogen (secondary N) is 2. The van der Waals surface area contributed by atoms with Crippen LogP contribution in [0, 0.1) is 0 Å². The molecule has 136 valence electrons. The first-order valence-corrected chi connectivity index (χ1v) is 10.2. The monoisotopic (exact) mass is 390 g/mol. The van der Waals surface area contributed by atoms with Crippen LogP contribution in [0.2, 0.25) is 4.34 Å². The van der Waals surface area contributed by atoms with Crippen molar-refractivity contribution in [1.29, 1.82) is 0 Å². The molecule has 0 spiro atoms. The Morgan fingerprint density at radius 1 is 1.08 bits per heavy atom. The van der Waals surface area contributed by atoms with Gasteiger partial charge < -0.3 is 14.2 Å². The molecule has 5 nitrogen and oxygen atoms in total. The van der Waals surface area contributed by atoms with Crippen molar-refractivity contribution in [2.75, 3.05) is 26.2 Å². The minimum Gasteiger partial charge on any atom is -0.415 e. The molecule has 1 aliphatic heterocycles. The van der Waals surface area contributed by atoms with Gasteiger partial charge in [-0.15, -0.1) is 21.5 Å². The van der Waals surface area contributed by atoms with Crippen LogP contribution in [-0.4, -0.2) is 36.4 Å². The Morgan fingerprint density at radius 3 is 2.54 bits per heavy atom. The van der Waals surface area contributed by atoms with Gasteiger partial charge in [-0.05, 0) is 31.2 Å². The van der Waals surface area contributed by atoms with Crippen LogP contribution >= 0.6 is 22.9 Å². The van der Waals surface area contributed by atoms with E-state index in [2.05, 4.69) is 23.2 Å². The van der Waals surface area contributed by atoms with E-state index in [9.17, 15) is 0 Å². The second-order valence-corrected chi connectivity index (χ2v) is 8.62. The topological polar surface area (TPSA) is 47.8 Å². The van der Waals surface area contributed by atoms with E-state index in [1.807, 2.05) is 36.4 Å². The van der Waals surface area contributed by atoms with Gasteiger partial charge in [0.15, 0.2) is 6.04 Å². The normalized spacial score (nSPS) is 21.6. The number of rotatable bonds is 5. The van der Waals surface area contributed by atoms with Gasteiger partial charge in [-0.3, -0.25) is 0 Å². The number of quaternary nitrogens is 2. The highest BCUT2D eigenvalue weighted by Crippen LogP contribution is 2.21. The SMILES string of the molecule is C[C@H](c1nnc(-c2ccccc2)o1)[NH+]1CC[NH+](Cc2ccc(Cl)s2)CC1. The third-order valence-electron chi connectivity index (χ3n) is 5.10. The lowest BCUT2D eigenvalue weighted by Gasteiger charge is -2.31. The molecule has 7 heteroatoms. The molecule has 1 aliphatic rings. The first-order valence-electron chi connectivity index (χ1n) is 9.00. The summed E-state index contributed by atoms with van der Waals surface area (Å²) in [5.74, 6) is 1.33. The lowest BCUT2D eigenvalue weighted by molar-refractivity contribution is -1.03. The predicted octanol–water partition coefficient (Wildman–Crippen LogP) is 1.50. The van der Waals surface area contributed by atoms with Crippen LogP contribution in [0.4, 0.5) is 0 Å². The maximum atomic E-state index is 6.04. The number of thiophene rings is 1. The molecule has 3 aromatic rings. The van der Waals surface area contributed by atoms with Crippen molar-refractivity contribution in [2.45, 2.75) is 19.5 Å². The number of hydrogen-bond donors (Lipinski definition) is 2. The minimum absolute atomic E-state index is 0.220. The summed E-state index contributed by atoms with van der Waals surface area (Å²) in [7, 11) is 0. The second kappa shape index (κ2) is 7.88. The van der Waals surface area contributed by atoms with Crippen molar-refractivity contribution < 1.29 is 14.2 Å². The molecule has 0 amide bonds. The van der Waals surface area contributed by atoms with E-state index in [0.717, 1.165) is 48.5 Å². The average Bonchev–Trinajstić information content (AvgIpc) is 3.32. The van der Waals surface area contributed by atoms with E-state index in [4.69, 9.17) is 16.0 Å². The Hall–Kier alpha value is -1.73. The molecule has 0 saturated carbocycles.